The van der Waals surface area contributed by atoms with Crippen molar-refractivity contribution in [2.75, 3.05) is 5.32 Å². The van der Waals surface area contributed by atoms with E-state index in [1.165, 1.54) is 24.3 Å². The second-order valence-corrected chi connectivity index (χ2v) is 4.21. The molecule has 6 nitrogen and oxygen atoms in total. The first-order valence-electron chi connectivity index (χ1n) is 5.25. The topological polar surface area (TPSA) is 92.4 Å². The SMILES string of the molecule is Cc1cc(C(=O)Nc2ccc(Cl)cc2C(=O)O)no1. The summed E-state index contributed by atoms with van der Waals surface area (Å²) in [6.07, 6.45) is 0. The number of carbonyl (C=O) groups is 2. The van der Waals surface area contributed by atoms with Crippen molar-refractivity contribution in [2.45, 2.75) is 6.92 Å². The van der Waals surface area contributed by atoms with Crippen LogP contribution in [-0.4, -0.2) is 22.1 Å². The van der Waals surface area contributed by atoms with Crippen molar-refractivity contribution < 1.29 is 19.2 Å². The van der Waals surface area contributed by atoms with Gasteiger partial charge in [0.15, 0.2) is 5.69 Å². The first kappa shape index (κ1) is 13.1. The number of carboxylic acid groups (broad SMARTS) is 1. The third-order valence-corrected chi connectivity index (χ3v) is 2.56. The molecule has 1 aromatic carbocycles. The average Bonchev–Trinajstić information content (AvgIpc) is 2.78. The lowest BCUT2D eigenvalue weighted by Gasteiger charge is -2.07. The van der Waals surface area contributed by atoms with Gasteiger partial charge < -0.3 is 14.9 Å². The molecule has 0 bridgehead atoms. The number of amides is 1. The van der Waals surface area contributed by atoms with Gasteiger partial charge >= 0.3 is 5.97 Å². The maximum Gasteiger partial charge on any atom is 0.337 e. The molecule has 0 atom stereocenters. The number of nitrogens with one attached hydrogen (secondary N) is 1. The largest absolute Gasteiger partial charge is 0.478 e. The van der Waals surface area contributed by atoms with Gasteiger partial charge in [-0.3, -0.25) is 4.79 Å². The molecule has 2 N–H and O–H groups in total. The van der Waals surface area contributed by atoms with Gasteiger partial charge in [-0.05, 0) is 25.1 Å². The summed E-state index contributed by atoms with van der Waals surface area (Å²) in [7, 11) is 0. The summed E-state index contributed by atoms with van der Waals surface area (Å²) < 4.78 is 4.77. The number of aromatic nitrogens is 1. The van der Waals surface area contributed by atoms with Gasteiger partial charge in [0.05, 0.1) is 11.3 Å². The van der Waals surface area contributed by atoms with Crippen LogP contribution in [0.4, 0.5) is 5.69 Å². The Bertz CT molecular complexity index is 651. The van der Waals surface area contributed by atoms with E-state index in [2.05, 4.69) is 10.5 Å². The maximum atomic E-state index is 11.8. The molecule has 1 aromatic heterocycles. The Morgan fingerprint density at radius 2 is 2.11 bits per heavy atom. The minimum atomic E-state index is -1.19. The summed E-state index contributed by atoms with van der Waals surface area (Å²) in [5, 5.41) is 15.3. The Labute approximate surface area is 113 Å². The van der Waals surface area contributed by atoms with Gasteiger partial charge in [-0.2, -0.15) is 0 Å². The van der Waals surface area contributed by atoms with Crippen LogP contribution in [0.5, 0.6) is 0 Å². The number of aryl methyl sites for hydroxylation is 1. The lowest BCUT2D eigenvalue weighted by atomic mass is 10.1. The van der Waals surface area contributed by atoms with Crippen LogP contribution in [0.1, 0.15) is 26.6 Å². The zero-order valence-electron chi connectivity index (χ0n) is 9.81. The lowest BCUT2D eigenvalue weighted by Crippen LogP contribution is -2.15. The van der Waals surface area contributed by atoms with Crippen molar-refractivity contribution in [2.24, 2.45) is 0 Å². The highest BCUT2D eigenvalue weighted by molar-refractivity contribution is 6.31. The highest BCUT2D eigenvalue weighted by atomic mass is 35.5. The van der Waals surface area contributed by atoms with E-state index in [-0.39, 0.29) is 22.0 Å². The average molecular weight is 281 g/mol. The van der Waals surface area contributed by atoms with Gasteiger partial charge in [0, 0.05) is 11.1 Å². The summed E-state index contributed by atoms with van der Waals surface area (Å²) in [6.45, 7) is 1.65. The normalized spacial score (nSPS) is 10.2. The number of carboxylic acids is 1. The monoisotopic (exact) mass is 280 g/mol. The first-order valence-corrected chi connectivity index (χ1v) is 5.62. The molecule has 19 heavy (non-hydrogen) atoms. The fourth-order valence-electron chi connectivity index (χ4n) is 1.46. The number of nitrogens with zero attached hydrogens (tertiary/aromatic N) is 1. The lowest BCUT2D eigenvalue weighted by molar-refractivity contribution is 0.0698. The molecule has 2 aromatic rings. The summed E-state index contributed by atoms with van der Waals surface area (Å²) in [4.78, 5) is 22.9. The Morgan fingerprint density at radius 3 is 2.68 bits per heavy atom. The van der Waals surface area contributed by atoms with Gasteiger partial charge in [0.2, 0.25) is 0 Å². The van der Waals surface area contributed by atoms with Crippen LogP contribution in [0.15, 0.2) is 28.8 Å². The van der Waals surface area contributed by atoms with Gasteiger partial charge in [0.25, 0.3) is 5.91 Å². The summed E-state index contributed by atoms with van der Waals surface area (Å²) in [5.41, 5.74) is 0.118. The Hall–Kier alpha value is -2.34. The van der Waals surface area contributed by atoms with E-state index < -0.39 is 11.9 Å². The molecule has 7 heteroatoms. The molecule has 0 radical (unpaired) electrons. The van der Waals surface area contributed by atoms with Crippen molar-refractivity contribution >= 4 is 29.2 Å². The maximum absolute atomic E-state index is 11.8. The van der Waals surface area contributed by atoms with Gasteiger partial charge in [0.1, 0.15) is 5.76 Å². The van der Waals surface area contributed by atoms with E-state index >= 15 is 0 Å². The summed E-state index contributed by atoms with van der Waals surface area (Å²) in [6, 6.07) is 5.60. The number of aromatic carboxylic acids is 1. The van der Waals surface area contributed by atoms with E-state index in [1.54, 1.807) is 6.92 Å². The van der Waals surface area contributed by atoms with Gasteiger partial charge in [-0.15, -0.1) is 0 Å². The molecule has 1 amide bonds. The summed E-state index contributed by atoms with van der Waals surface area (Å²) in [5.74, 6) is -1.25. The second kappa shape index (κ2) is 5.11. The molecule has 0 fully saturated rings. The quantitative estimate of drug-likeness (QED) is 0.901. The predicted molar refractivity (Wildman–Crippen MR) is 67.6 cm³/mol. The Morgan fingerprint density at radius 1 is 1.37 bits per heavy atom. The predicted octanol–water partition coefficient (Wildman–Crippen LogP) is 2.59. The smallest absolute Gasteiger partial charge is 0.337 e. The number of hydrogen-bond acceptors (Lipinski definition) is 4. The van der Waals surface area contributed by atoms with Gasteiger partial charge in [-0.1, -0.05) is 16.8 Å². The van der Waals surface area contributed by atoms with Crippen molar-refractivity contribution in [3.63, 3.8) is 0 Å². The molecule has 0 aliphatic heterocycles. The van der Waals surface area contributed by atoms with Crippen LogP contribution in [0.25, 0.3) is 0 Å². The van der Waals surface area contributed by atoms with Crippen LogP contribution >= 0.6 is 11.6 Å². The molecule has 98 valence electrons. The third-order valence-electron chi connectivity index (χ3n) is 2.32. The molecule has 0 aliphatic carbocycles. The fraction of sp³-hybridized carbons (Fsp3) is 0.0833. The zero-order chi connectivity index (χ0) is 14.0. The standard InChI is InChI=1S/C12H9ClN2O4/c1-6-4-10(15-19-6)11(16)14-9-3-2-7(13)5-8(9)12(17)18/h2-5H,1H3,(H,14,16)(H,17,18). The molecule has 0 saturated carbocycles. The number of hydrogen-bond donors (Lipinski definition) is 2. The highest BCUT2D eigenvalue weighted by Gasteiger charge is 2.16. The summed E-state index contributed by atoms with van der Waals surface area (Å²) >= 11 is 5.71. The van der Waals surface area contributed by atoms with E-state index in [9.17, 15) is 9.59 Å². The molecule has 2 rings (SSSR count). The molecule has 0 aliphatic rings. The Balaban J connectivity index is 2.28. The van der Waals surface area contributed by atoms with Crippen molar-refractivity contribution in [1.29, 1.82) is 0 Å². The number of rotatable bonds is 3. The van der Waals surface area contributed by atoms with Crippen LogP contribution in [0.2, 0.25) is 5.02 Å². The number of anilines is 1. The van der Waals surface area contributed by atoms with Gasteiger partial charge in [-0.25, -0.2) is 4.79 Å². The van der Waals surface area contributed by atoms with E-state index in [0.717, 1.165) is 0 Å². The highest BCUT2D eigenvalue weighted by Crippen LogP contribution is 2.21. The number of carbonyl (C=O) groups excluding carboxylic acids is 1. The van der Waals surface area contributed by atoms with Crippen LogP contribution in [0, 0.1) is 6.92 Å². The van der Waals surface area contributed by atoms with Crippen LogP contribution in [0.3, 0.4) is 0 Å². The molecular weight excluding hydrogens is 272 g/mol. The van der Waals surface area contributed by atoms with E-state index in [4.69, 9.17) is 21.2 Å². The Kier molecular flexibility index (Phi) is 3.52. The minimum absolute atomic E-state index is 0.0730. The van der Waals surface area contributed by atoms with Crippen molar-refractivity contribution in [1.82, 2.24) is 5.16 Å². The number of halogens is 1. The number of benzene rings is 1. The van der Waals surface area contributed by atoms with Crippen LogP contribution < -0.4 is 5.32 Å². The van der Waals surface area contributed by atoms with E-state index in [1.807, 2.05) is 0 Å². The zero-order valence-corrected chi connectivity index (χ0v) is 10.6. The minimum Gasteiger partial charge on any atom is -0.478 e. The van der Waals surface area contributed by atoms with Crippen LogP contribution in [-0.2, 0) is 0 Å². The van der Waals surface area contributed by atoms with Crippen molar-refractivity contribution in [3.05, 3.63) is 46.3 Å². The molecular formula is C12H9ClN2O4. The molecule has 0 unspecified atom stereocenters. The third kappa shape index (κ3) is 2.92. The first-order chi connectivity index (χ1) is 8.97. The van der Waals surface area contributed by atoms with Crippen molar-refractivity contribution in [3.8, 4) is 0 Å². The second-order valence-electron chi connectivity index (χ2n) is 3.77. The molecule has 0 spiro atoms. The van der Waals surface area contributed by atoms with E-state index in [0.29, 0.717) is 5.76 Å². The molecule has 0 saturated heterocycles. The fourth-order valence-corrected chi connectivity index (χ4v) is 1.63. The molecule has 1 heterocycles.